The SMILES string of the molecule is COc1ccc(-c2nc3cccnc3n([C@@H](CC(C)C)C(=O)OC(C)(C)C)c2=O)cc1OC. The molecule has 3 rings (SSSR count). The van der Waals surface area contributed by atoms with Gasteiger partial charge in [-0.25, -0.2) is 14.8 Å². The van der Waals surface area contributed by atoms with Crippen LogP contribution in [0.1, 0.15) is 47.1 Å². The minimum absolute atomic E-state index is 0.130. The van der Waals surface area contributed by atoms with E-state index in [-0.39, 0.29) is 11.6 Å². The van der Waals surface area contributed by atoms with Crippen molar-refractivity contribution in [1.29, 1.82) is 0 Å². The molecular formula is C25H31N3O5. The molecular weight excluding hydrogens is 422 g/mol. The topological polar surface area (TPSA) is 92.5 Å². The Kier molecular flexibility index (Phi) is 7.05. The van der Waals surface area contributed by atoms with Crippen LogP contribution in [0.4, 0.5) is 0 Å². The molecule has 0 aliphatic heterocycles. The molecule has 0 aliphatic rings. The lowest BCUT2D eigenvalue weighted by atomic mass is 10.0. The lowest BCUT2D eigenvalue weighted by Gasteiger charge is -2.27. The number of aromatic nitrogens is 3. The van der Waals surface area contributed by atoms with Crippen LogP contribution in [-0.2, 0) is 9.53 Å². The molecule has 3 aromatic rings. The molecule has 8 heteroatoms. The van der Waals surface area contributed by atoms with Gasteiger partial charge in [0.1, 0.15) is 22.9 Å². The van der Waals surface area contributed by atoms with Crippen LogP contribution < -0.4 is 15.0 Å². The summed E-state index contributed by atoms with van der Waals surface area (Å²) in [4.78, 5) is 36.0. The van der Waals surface area contributed by atoms with Gasteiger partial charge in [-0.1, -0.05) is 13.8 Å². The second kappa shape index (κ2) is 9.60. The molecule has 0 aliphatic carbocycles. The van der Waals surface area contributed by atoms with Crippen LogP contribution in [0.5, 0.6) is 11.5 Å². The number of pyridine rings is 1. The van der Waals surface area contributed by atoms with Crippen LogP contribution in [0.25, 0.3) is 22.4 Å². The number of carbonyl (C=O) groups is 1. The van der Waals surface area contributed by atoms with Crippen molar-refractivity contribution in [3.63, 3.8) is 0 Å². The fraction of sp³-hybridized carbons (Fsp3) is 0.440. The van der Waals surface area contributed by atoms with Crippen molar-refractivity contribution >= 4 is 17.1 Å². The summed E-state index contributed by atoms with van der Waals surface area (Å²) in [7, 11) is 3.07. The maximum atomic E-state index is 13.8. The summed E-state index contributed by atoms with van der Waals surface area (Å²) in [6.45, 7) is 9.40. The van der Waals surface area contributed by atoms with E-state index in [2.05, 4.69) is 9.97 Å². The molecule has 0 fully saturated rings. The van der Waals surface area contributed by atoms with Crippen LogP contribution in [-0.4, -0.2) is 40.3 Å². The van der Waals surface area contributed by atoms with Gasteiger partial charge in [-0.15, -0.1) is 0 Å². The average molecular weight is 454 g/mol. The van der Waals surface area contributed by atoms with E-state index in [4.69, 9.17) is 14.2 Å². The Labute approximate surface area is 193 Å². The number of hydrogen-bond donors (Lipinski definition) is 0. The highest BCUT2D eigenvalue weighted by Gasteiger charge is 2.31. The van der Waals surface area contributed by atoms with Gasteiger partial charge in [-0.05, 0) is 63.4 Å². The quantitative estimate of drug-likeness (QED) is 0.489. The van der Waals surface area contributed by atoms with Gasteiger partial charge in [-0.3, -0.25) is 9.36 Å². The lowest BCUT2D eigenvalue weighted by molar-refractivity contribution is -0.159. The van der Waals surface area contributed by atoms with Crippen LogP contribution in [0.2, 0.25) is 0 Å². The molecule has 2 heterocycles. The Morgan fingerprint density at radius 2 is 1.79 bits per heavy atom. The zero-order valence-electron chi connectivity index (χ0n) is 20.2. The van der Waals surface area contributed by atoms with Crippen molar-refractivity contribution < 1.29 is 19.0 Å². The fourth-order valence-electron chi connectivity index (χ4n) is 3.62. The van der Waals surface area contributed by atoms with Gasteiger partial charge in [-0.2, -0.15) is 0 Å². The molecule has 8 nitrogen and oxygen atoms in total. The second-order valence-electron chi connectivity index (χ2n) is 9.23. The summed E-state index contributed by atoms with van der Waals surface area (Å²) in [5.74, 6) is 0.663. The molecule has 0 unspecified atom stereocenters. The molecule has 0 spiro atoms. The minimum atomic E-state index is -0.851. The average Bonchev–Trinajstić information content (AvgIpc) is 2.75. The normalized spacial score (nSPS) is 12.6. The lowest BCUT2D eigenvalue weighted by Crippen LogP contribution is -2.37. The van der Waals surface area contributed by atoms with Crippen molar-refractivity contribution in [1.82, 2.24) is 14.5 Å². The van der Waals surface area contributed by atoms with E-state index in [0.29, 0.717) is 34.6 Å². The molecule has 0 radical (unpaired) electrons. The van der Waals surface area contributed by atoms with Gasteiger partial charge < -0.3 is 14.2 Å². The summed E-state index contributed by atoms with van der Waals surface area (Å²) < 4.78 is 17.8. The maximum absolute atomic E-state index is 13.8. The van der Waals surface area contributed by atoms with Crippen LogP contribution >= 0.6 is 0 Å². The van der Waals surface area contributed by atoms with Gasteiger partial charge in [0.2, 0.25) is 0 Å². The number of carbonyl (C=O) groups excluding carboxylic acids is 1. The second-order valence-corrected chi connectivity index (χ2v) is 9.23. The highest BCUT2D eigenvalue weighted by Crippen LogP contribution is 2.32. The standard InChI is InChI=1S/C25H31N3O5/c1-15(2)13-18(24(30)33-25(3,4)5)28-22-17(9-8-12-26-22)27-21(23(28)29)16-10-11-19(31-6)20(14-16)32-7/h8-12,14-15,18H,13H2,1-7H3/t18-/m0/s1. The number of benzene rings is 1. The zero-order chi connectivity index (χ0) is 24.3. The first-order chi connectivity index (χ1) is 15.6. The van der Waals surface area contributed by atoms with E-state index in [0.717, 1.165) is 0 Å². The number of fused-ring (bicyclic) bond motifs is 1. The Morgan fingerprint density at radius 1 is 1.09 bits per heavy atom. The van der Waals surface area contributed by atoms with Gasteiger partial charge >= 0.3 is 5.97 Å². The van der Waals surface area contributed by atoms with Crippen molar-refractivity contribution in [3.8, 4) is 22.8 Å². The third kappa shape index (κ3) is 5.32. The highest BCUT2D eigenvalue weighted by molar-refractivity contribution is 5.80. The fourth-order valence-corrected chi connectivity index (χ4v) is 3.62. The highest BCUT2D eigenvalue weighted by atomic mass is 16.6. The molecule has 1 aromatic carbocycles. The van der Waals surface area contributed by atoms with Gasteiger partial charge in [0, 0.05) is 11.8 Å². The Morgan fingerprint density at radius 3 is 2.39 bits per heavy atom. The van der Waals surface area contributed by atoms with Crippen molar-refractivity contribution in [3.05, 3.63) is 46.9 Å². The first-order valence-electron chi connectivity index (χ1n) is 10.9. The molecule has 0 bridgehead atoms. The number of hydrogen-bond acceptors (Lipinski definition) is 7. The van der Waals surface area contributed by atoms with Gasteiger partial charge in [0.15, 0.2) is 17.1 Å². The summed E-state index contributed by atoms with van der Waals surface area (Å²) in [6.07, 6.45) is 1.99. The predicted molar refractivity (Wildman–Crippen MR) is 127 cm³/mol. The number of methoxy groups -OCH3 is 2. The molecule has 0 saturated carbocycles. The van der Waals surface area contributed by atoms with E-state index in [1.807, 2.05) is 13.8 Å². The van der Waals surface area contributed by atoms with Crippen molar-refractivity contribution in [2.24, 2.45) is 5.92 Å². The summed E-state index contributed by atoms with van der Waals surface area (Å²) in [6, 6.07) is 7.81. The summed E-state index contributed by atoms with van der Waals surface area (Å²) in [5.41, 5.74) is 0.448. The predicted octanol–water partition coefficient (Wildman–Crippen LogP) is 4.40. The first kappa shape index (κ1) is 24.2. The molecule has 0 amide bonds. The largest absolute Gasteiger partial charge is 0.493 e. The van der Waals surface area contributed by atoms with Crippen LogP contribution in [0.15, 0.2) is 41.3 Å². The van der Waals surface area contributed by atoms with E-state index in [9.17, 15) is 9.59 Å². The number of nitrogens with zero attached hydrogens (tertiary/aromatic N) is 3. The van der Waals surface area contributed by atoms with E-state index >= 15 is 0 Å². The molecule has 33 heavy (non-hydrogen) atoms. The monoisotopic (exact) mass is 453 g/mol. The van der Waals surface area contributed by atoms with Crippen molar-refractivity contribution in [2.45, 2.75) is 52.7 Å². The summed E-state index contributed by atoms with van der Waals surface area (Å²) >= 11 is 0. The van der Waals surface area contributed by atoms with E-state index in [1.165, 1.54) is 11.7 Å². The van der Waals surface area contributed by atoms with Crippen LogP contribution in [0.3, 0.4) is 0 Å². The third-order valence-corrected chi connectivity index (χ3v) is 4.99. The molecule has 1 atom stereocenters. The molecule has 0 N–H and O–H groups in total. The zero-order valence-corrected chi connectivity index (χ0v) is 20.2. The van der Waals surface area contributed by atoms with Crippen molar-refractivity contribution in [2.75, 3.05) is 14.2 Å². The third-order valence-electron chi connectivity index (χ3n) is 4.99. The van der Waals surface area contributed by atoms with E-state index < -0.39 is 23.2 Å². The van der Waals surface area contributed by atoms with E-state index in [1.54, 1.807) is 64.4 Å². The Bertz CT molecular complexity index is 1210. The molecule has 176 valence electrons. The smallest absolute Gasteiger partial charge is 0.329 e. The summed E-state index contributed by atoms with van der Waals surface area (Å²) in [5, 5.41) is 0. The number of ether oxygens (including phenoxy) is 3. The van der Waals surface area contributed by atoms with Gasteiger partial charge in [0.05, 0.1) is 14.2 Å². The minimum Gasteiger partial charge on any atom is -0.493 e. The number of esters is 1. The Balaban J connectivity index is 2.29. The molecule has 2 aromatic heterocycles. The number of rotatable bonds is 7. The molecule has 0 saturated heterocycles. The Hall–Kier alpha value is -3.42. The first-order valence-corrected chi connectivity index (χ1v) is 10.9. The maximum Gasteiger partial charge on any atom is 0.329 e. The van der Waals surface area contributed by atoms with Crippen LogP contribution in [0, 0.1) is 5.92 Å². The van der Waals surface area contributed by atoms with Gasteiger partial charge in [0.25, 0.3) is 5.56 Å².